The molecule has 2 aromatic rings. The molecule has 0 aliphatic heterocycles. The average Bonchev–Trinajstić information content (AvgIpc) is 2.67. The molecule has 0 bridgehead atoms. The maximum Gasteiger partial charge on any atom is 0.358 e. The molecule has 0 saturated carbocycles. The molecule has 2 rings (SSSR count). The number of carbonyl (C=O) groups is 1. The minimum absolute atomic E-state index is 0.127. The number of hydrogen-bond donors (Lipinski definition) is 2. The highest BCUT2D eigenvalue weighted by molar-refractivity contribution is 5.92. The van der Waals surface area contributed by atoms with Gasteiger partial charge in [0.2, 0.25) is 0 Å². The first-order valence-corrected chi connectivity index (χ1v) is 3.70. The minimum atomic E-state index is -1.13. The molecule has 7 nitrogen and oxygen atoms in total. The maximum atomic E-state index is 10.7. The summed E-state index contributed by atoms with van der Waals surface area (Å²) >= 11 is 0. The number of carboxylic acids is 1. The molecule has 0 radical (unpaired) electrons. The molecule has 0 unspecified atom stereocenters. The van der Waals surface area contributed by atoms with E-state index in [1.807, 2.05) is 0 Å². The normalized spacial score (nSPS) is 10.0. The molecule has 14 heavy (non-hydrogen) atoms. The first-order chi connectivity index (χ1) is 6.79. The van der Waals surface area contributed by atoms with Gasteiger partial charge in [0.25, 0.3) is 0 Å². The van der Waals surface area contributed by atoms with Gasteiger partial charge in [0.15, 0.2) is 5.69 Å². The SMILES string of the molecule is O=C(O)c1n[nH]nc1-c1ccnnc1. The van der Waals surface area contributed by atoms with Crippen LogP contribution in [-0.2, 0) is 0 Å². The van der Waals surface area contributed by atoms with Crippen LogP contribution in [0.5, 0.6) is 0 Å². The molecule has 0 fully saturated rings. The summed E-state index contributed by atoms with van der Waals surface area (Å²) in [5.41, 5.74) is 0.691. The van der Waals surface area contributed by atoms with E-state index >= 15 is 0 Å². The van der Waals surface area contributed by atoms with Crippen molar-refractivity contribution in [3.05, 3.63) is 24.2 Å². The fraction of sp³-hybridized carbons (Fsp3) is 0. The van der Waals surface area contributed by atoms with Crippen molar-refractivity contribution in [2.24, 2.45) is 0 Å². The molecule has 7 heteroatoms. The van der Waals surface area contributed by atoms with Crippen molar-refractivity contribution in [1.29, 1.82) is 0 Å². The van der Waals surface area contributed by atoms with Gasteiger partial charge in [-0.15, -0.1) is 5.10 Å². The maximum absolute atomic E-state index is 10.7. The molecule has 70 valence electrons. The quantitative estimate of drug-likeness (QED) is 0.690. The van der Waals surface area contributed by atoms with Crippen LogP contribution in [0.15, 0.2) is 18.5 Å². The van der Waals surface area contributed by atoms with E-state index < -0.39 is 5.97 Å². The van der Waals surface area contributed by atoms with Gasteiger partial charge < -0.3 is 5.11 Å². The molecule has 2 heterocycles. The molecule has 0 aliphatic rings. The molecule has 2 aromatic heterocycles. The number of aromatic amines is 1. The van der Waals surface area contributed by atoms with E-state index in [9.17, 15) is 4.79 Å². The van der Waals surface area contributed by atoms with Gasteiger partial charge in [-0.05, 0) is 6.07 Å². The van der Waals surface area contributed by atoms with Crippen LogP contribution in [0.4, 0.5) is 0 Å². The molecule has 0 aliphatic carbocycles. The zero-order valence-electron chi connectivity index (χ0n) is 6.88. The van der Waals surface area contributed by atoms with Crippen LogP contribution in [-0.4, -0.2) is 36.7 Å². The van der Waals surface area contributed by atoms with Crippen molar-refractivity contribution in [1.82, 2.24) is 25.6 Å². The van der Waals surface area contributed by atoms with Crippen molar-refractivity contribution in [2.75, 3.05) is 0 Å². The predicted octanol–water partition coefficient (Wildman–Crippen LogP) is -0.0401. The fourth-order valence-corrected chi connectivity index (χ4v) is 1.01. The van der Waals surface area contributed by atoms with E-state index in [0.717, 1.165) is 0 Å². The summed E-state index contributed by atoms with van der Waals surface area (Å²) in [6, 6.07) is 1.61. The van der Waals surface area contributed by atoms with E-state index in [-0.39, 0.29) is 11.4 Å². The average molecular weight is 191 g/mol. The molecule has 0 saturated heterocycles. The first-order valence-electron chi connectivity index (χ1n) is 3.70. The Hall–Kier alpha value is -2.31. The van der Waals surface area contributed by atoms with Crippen LogP contribution in [0, 0.1) is 0 Å². The third kappa shape index (κ3) is 1.30. The topological polar surface area (TPSA) is 105 Å². The summed E-state index contributed by atoms with van der Waals surface area (Å²) in [6.45, 7) is 0. The third-order valence-corrected chi connectivity index (χ3v) is 1.61. The second kappa shape index (κ2) is 3.21. The van der Waals surface area contributed by atoms with E-state index in [4.69, 9.17) is 5.11 Å². The largest absolute Gasteiger partial charge is 0.476 e. The lowest BCUT2D eigenvalue weighted by atomic mass is 10.2. The van der Waals surface area contributed by atoms with Gasteiger partial charge in [-0.3, -0.25) is 0 Å². The smallest absolute Gasteiger partial charge is 0.358 e. The van der Waals surface area contributed by atoms with Crippen molar-refractivity contribution in [2.45, 2.75) is 0 Å². The van der Waals surface area contributed by atoms with Gasteiger partial charge >= 0.3 is 5.97 Å². The molecule has 0 atom stereocenters. The number of nitrogens with zero attached hydrogens (tertiary/aromatic N) is 4. The molecule has 0 amide bonds. The lowest BCUT2D eigenvalue weighted by Gasteiger charge is -1.94. The van der Waals surface area contributed by atoms with Gasteiger partial charge in [0.1, 0.15) is 5.69 Å². The van der Waals surface area contributed by atoms with E-state index in [2.05, 4.69) is 25.6 Å². The van der Waals surface area contributed by atoms with Gasteiger partial charge in [0.05, 0.1) is 12.4 Å². The molecule has 2 N–H and O–H groups in total. The van der Waals surface area contributed by atoms with Crippen molar-refractivity contribution in [3.8, 4) is 11.3 Å². The fourth-order valence-electron chi connectivity index (χ4n) is 1.01. The van der Waals surface area contributed by atoms with Crippen LogP contribution in [0.25, 0.3) is 11.3 Å². The Kier molecular flexibility index (Phi) is 1.90. The summed E-state index contributed by atoms with van der Waals surface area (Å²) in [5, 5.41) is 25.4. The van der Waals surface area contributed by atoms with Gasteiger partial charge in [-0.1, -0.05) is 0 Å². The number of aromatic carboxylic acids is 1. The zero-order valence-corrected chi connectivity index (χ0v) is 6.88. The molecular weight excluding hydrogens is 186 g/mol. The summed E-state index contributed by atoms with van der Waals surface area (Å²) < 4.78 is 0. The third-order valence-electron chi connectivity index (χ3n) is 1.61. The Bertz CT molecular complexity index is 452. The Morgan fingerprint density at radius 2 is 2.21 bits per heavy atom. The highest BCUT2D eigenvalue weighted by atomic mass is 16.4. The van der Waals surface area contributed by atoms with Crippen molar-refractivity contribution >= 4 is 5.97 Å². The summed E-state index contributed by atoms with van der Waals surface area (Å²) in [5.74, 6) is -1.13. The van der Waals surface area contributed by atoms with Crippen molar-refractivity contribution in [3.63, 3.8) is 0 Å². The standard InChI is InChI=1S/C7H5N5O2/c13-7(14)6-5(10-12-11-6)4-1-2-8-9-3-4/h1-3H,(H,13,14)(H,10,11,12). The first kappa shape index (κ1) is 8.30. The second-order valence-corrected chi connectivity index (χ2v) is 2.46. The lowest BCUT2D eigenvalue weighted by Crippen LogP contribution is -1.99. The van der Waals surface area contributed by atoms with Crippen LogP contribution in [0.1, 0.15) is 10.5 Å². The Morgan fingerprint density at radius 3 is 2.86 bits per heavy atom. The Morgan fingerprint density at radius 1 is 1.36 bits per heavy atom. The summed E-state index contributed by atoms with van der Waals surface area (Å²) in [4.78, 5) is 10.7. The van der Waals surface area contributed by atoms with Crippen molar-refractivity contribution < 1.29 is 9.90 Å². The van der Waals surface area contributed by atoms with Crippen LogP contribution in [0.2, 0.25) is 0 Å². The predicted molar refractivity (Wildman–Crippen MR) is 44.4 cm³/mol. The summed E-state index contributed by atoms with van der Waals surface area (Å²) in [7, 11) is 0. The van der Waals surface area contributed by atoms with Crippen LogP contribution >= 0.6 is 0 Å². The highest BCUT2D eigenvalue weighted by Gasteiger charge is 2.16. The Labute approximate surface area is 77.8 Å². The number of nitrogens with one attached hydrogen (secondary N) is 1. The van der Waals surface area contributed by atoms with Gasteiger partial charge in [-0.25, -0.2) is 4.79 Å². The van der Waals surface area contributed by atoms with E-state index in [1.165, 1.54) is 12.4 Å². The van der Waals surface area contributed by atoms with Gasteiger partial charge in [0, 0.05) is 5.56 Å². The molecular formula is C7H5N5O2. The number of carboxylic acid groups (broad SMARTS) is 1. The molecule has 0 aromatic carbocycles. The van der Waals surface area contributed by atoms with Crippen LogP contribution in [0.3, 0.4) is 0 Å². The second-order valence-electron chi connectivity index (χ2n) is 2.46. The number of H-pyrrole nitrogens is 1. The number of rotatable bonds is 2. The zero-order chi connectivity index (χ0) is 9.97. The van der Waals surface area contributed by atoms with Crippen LogP contribution < -0.4 is 0 Å². The number of hydrogen-bond acceptors (Lipinski definition) is 5. The van der Waals surface area contributed by atoms with E-state index in [1.54, 1.807) is 6.07 Å². The Balaban J connectivity index is 2.52. The van der Waals surface area contributed by atoms with Gasteiger partial charge in [-0.2, -0.15) is 20.5 Å². The summed E-state index contributed by atoms with van der Waals surface area (Å²) in [6.07, 6.45) is 2.87. The minimum Gasteiger partial charge on any atom is -0.476 e. The van der Waals surface area contributed by atoms with E-state index in [0.29, 0.717) is 5.56 Å². The lowest BCUT2D eigenvalue weighted by molar-refractivity contribution is 0.0691. The number of aromatic nitrogens is 5. The highest BCUT2D eigenvalue weighted by Crippen LogP contribution is 2.16. The monoisotopic (exact) mass is 191 g/mol. The molecule has 0 spiro atoms.